The number of fused-ring (bicyclic) bond motifs is 1. The van der Waals surface area contributed by atoms with Crippen LogP contribution in [0.1, 0.15) is 34.3 Å². The van der Waals surface area contributed by atoms with Gasteiger partial charge in [0.25, 0.3) is 5.91 Å². The summed E-state index contributed by atoms with van der Waals surface area (Å²) in [5.41, 5.74) is 3.43. The summed E-state index contributed by atoms with van der Waals surface area (Å²) in [6.45, 7) is 5.28. The number of carbonyl (C=O) groups excluding carboxylic acids is 1. The topological polar surface area (TPSA) is 81.0 Å². The van der Waals surface area contributed by atoms with E-state index in [0.717, 1.165) is 34.2 Å². The first-order valence-corrected chi connectivity index (χ1v) is 13.3. The zero-order valence-electron chi connectivity index (χ0n) is 19.4. The Balaban J connectivity index is 1.63. The van der Waals surface area contributed by atoms with Crippen molar-refractivity contribution in [1.82, 2.24) is 8.87 Å². The van der Waals surface area contributed by atoms with Gasteiger partial charge in [0, 0.05) is 25.8 Å². The molecule has 0 bridgehead atoms. The first kappa shape index (κ1) is 24.4. The second-order valence-corrected chi connectivity index (χ2v) is 11.4. The van der Waals surface area contributed by atoms with Crippen LogP contribution < -0.4 is 4.80 Å². The molecule has 0 radical (unpaired) electrons. The van der Waals surface area contributed by atoms with Crippen molar-refractivity contribution in [3.05, 3.63) is 57.9 Å². The number of hydrogen-bond donors (Lipinski definition) is 0. The largest absolute Gasteiger partial charge is 0.377 e. The molecule has 0 aliphatic carbocycles. The first-order chi connectivity index (χ1) is 16.2. The Morgan fingerprint density at radius 1 is 1.24 bits per heavy atom. The monoisotopic (exact) mass is 497 g/mol. The van der Waals surface area contributed by atoms with Gasteiger partial charge < -0.3 is 9.30 Å². The van der Waals surface area contributed by atoms with E-state index >= 15 is 0 Å². The maximum atomic E-state index is 12.9. The minimum absolute atomic E-state index is 0.0808. The molecule has 1 atom stereocenters. The van der Waals surface area contributed by atoms with Crippen LogP contribution in [0.15, 0.2) is 46.3 Å². The van der Waals surface area contributed by atoms with Gasteiger partial charge in [-0.25, -0.2) is 8.42 Å². The van der Waals surface area contributed by atoms with Gasteiger partial charge >= 0.3 is 0 Å². The number of rotatable bonds is 6. The third-order valence-electron chi connectivity index (χ3n) is 5.97. The molecule has 2 heterocycles. The standard InChI is InChI=1S/C25H27N3O4S2/c1-5-14-28-22-17(2)8-9-18(3)23(22)33-25(28)26-24(29)19-10-12-21(13-11-19)34(30,31)27(4)16-20-7-6-15-32-20/h1,8-13,20H,6-7,14-16H2,2-4H3. The number of sulfonamides is 1. The number of benzene rings is 2. The molecule has 7 nitrogen and oxygen atoms in total. The number of amides is 1. The molecule has 0 saturated carbocycles. The molecular weight excluding hydrogens is 470 g/mol. The van der Waals surface area contributed by atoms with Crippen molar-refractivity contribution < 1.29 is 17.9 Å². The number of aryl methyl sites for hydroxylation is 2. The lowest BCUT2D eigenvalue weighted by Gasteiger charge is -2.20. The molecule has 34 heavy (non-hydrogen) atoms. The molecule has 9 heteroatoms. The number of hydrogen-bond acceptors (Lipinski definition) is 5. The third kappa shape index (κ3) is 4.72. The van der Waals surface area contributed by atoms with Crippen LogP contribution in [-0.2, 0) is 21.3 Å². The van der Waals surface area contributed by atoms with Crippen molar-refractivity contribution in [2.75, 3.05) is 20.2 Å². The van der Waals surface area contributed by atoms with Crippen LogP contribution in [0, 0.1) is 26.2 Å². The second kappa shape index (κ2) is 9.84. The number of nitrogens with zero attached hydrogens (tertiary/aromatic N) is 3. The van der Waals surface area contributed by atoms with E-state index in [1.807, 2.05) is 30.5 Å². The Bertz CT molecular complexity index is 1440. The Morgan fingerprint density at radius 2 is 1.94 bits per heavy atom. The molecule has 1 aliphatic heterocycles. The van der Waals surface area contributed by atoms with Gasteiger partial charge in [-0.2, -0.15) is 9.30 Å². The van der Waals surface area contributed by atoms with E-state index in [1.165, 1.54) is 39.9 Å². The fourth-order valence-electron chi connectivity index (χ4n) is 4.07. The average molecular weight is 498 g/mol. The van der Waals surface area contributed by atoms with Crippen LogP contribution in [0.4, 0.5) is 0 Å². The summed E-state index contributed by atoms with van der Waals surface area (Å²) in [7, 11) is -2.14. The van der Waals surface area contributed by atoms with Gasteiger partial charge in [0.1, 0.15) is 0 Å². The zero-order chi connectivity index (χ0) is 24.5. The average Bonchev–Trinajstić information content (AvgIpc) is 3.45. The normalized spacial score (nSPS) is 16.9. The molecule has 2 aromatic carbocycles. The fourth-order valence-corrected chi connectivity index (χ4v) is 6.45. The Morgan fingerprint density at radius 3 is 2.59 bits per heavy atom. The molecule has 1 aromatic heterocycles. The minimum Gasteiger partial charge on any atom is -0.377 e. The van der Waals surface area contributed by atoms with E-state index in [4.69, 9.17) is 11.2 Å². The molecule has 1 saturated heterocycles. The fraction of sp³-hybridized carbons (Fsp3) is 0.360. The number of terminal acetylenes is 1. The highest BCUT2D eigenvalue weighted by molar-refractivity contribution is 7.89. The Kier molecular flexibility index (Phi) is 7.05. The summed E-state index contributed by atoms with van der Waals surface area (Å²) in [6, 6.07) is 9.94. The van der Waals surface area contributed by atoms with Gasteiger partial charge in [0.2, 0.25) is 10.0 Å². The third-order valence-corrected chi connectivity index (χ3v) is 9.02. The Labute approximate surface area is 203 Å². The maximum absolute atomic E-state index is 12.9. The Hall–Kier alpha value is -2.77. The number of likely N-dealkylation sites (N-methyl/N-ethyl adjacent to an activating group) is 1. The lowest BCUT2D eigenvalue weighted by Crippen LogP contribution is -2.34. The van der Waals surface area contributed by atoms with Gasteiger partial charge in [-0.05, 0) is 62.1 Å². The summed E-state index contributed by atoms with van der Waals surface area (Å²) < 4.78 is 35.6. The number of carbonyl (C=O) groups is 1. The maximum Gasteiger partial charge on any atom is 0.279 e. The summed E-state index contributed by atoms with van der Waals surface area (Å²) in [5.74, 6) is 2.19. The van der Waals surface area contributed by atoms with Crippen molar-refractivity contribution in [2.24, 2.45) is 4.99 Å². The van der Waals surface area contributed by atoms with Crippen LogP contribution in [0.2, 0.25) is 0 Å². The molecule has 1 aliphatic rings. The van der Waals surface area contributed by atoms with Crippen molar-refractivity contribution in [3.63, 3.8) is 0 Å². The molecular formula is C25H27N3O4S2. The number of ether oxygens (including phenoxy) is 1. The van der Waals surface area contributed by atoms with Crippen molar-refractivity contribution >= 4 is 37.5 Å². The van der Waals surface area contributed by atoms with Gasteiger partial charge in [0.15, 0.2) is 4.80 Å². The lowest BCUT2D eigenvalue weighted by atomic mass is 10.1. The van der Waals surface area contributed by atoms with Gasteiger partial charge in [0.05, 0.1) is 27.8 Å². The van der Waals surface area contributed by atoms with E-state index < -0.39 is 15.9 Å². The quantitative estimate of drug-likeness (QED) is 0.488. The van der Waals surface area contributed by atoms with Crippen LogP contribution in [-0.4, -0.2) is 49.5 Å². The highest BCUT2D eigenvalue weighted by Gasteiger charge is 2.26. The molecule has 4 rings (SSSR count). The van der Waals surface area contributed by atoms with Gasteiger partial charge in [-0.15, -0.1) is 6.42 Å². The smallest absolute Gasteiger partial charge is 0.279 e. The zero-order valence-corrected chi connectivity index (χ0v) is 21.1. The van der Waals surface area contributed by atoms with E-state index in [2.05, 4.69) is 10.9 Å². The summed E-state index contributed by atoms with van der Waals surface area (Å²) in [6.07, 6.45) is 7.30. The first-order valence-electron chi connectivity index (χ1n) is 11.0. The number of thiazole rings is 1. The van der Waals surface area contributed by atoms with Crippen LogP contribution in [0.25, 0.3) is 10.2 Å². The summed E-state index contributed by atoms with van der Waals surface area (Å²) in [4.78, 5) is 17.9. The van der Waals surface area contributed by atoms with E-state index in [9.17, 15) is 13.2 Å². The molecule has 1 fully saturated rings. The number of aromatic nitrogens is 1. The van der Waals surface area contributed by atoms with Gasteiger partial charge in [-0.3, -0.25) is 4.79 Å². The lowest BCUT2D eigenvalue weighted by molar-refractivity contribution is 0.0979. The van der Waals surface area contributed by atoms with Crippen molar-refractivity contribution in [1.29, 1.82) is 0 Å². The van der Waals surface area contributed by atoms with Gasteiger partial charge in [-0.1, -0.05) is 29.4 Å². The molecule has 0 N–H and O–H groups in total. The highest BCUT2D eigenvalue weighted by Crippen LogP contribution is 2.25. The second-order valence-electron chi connectivity index (χ2n) is 8.41. The summed E-state index contributed by atoms with van der Waals surface area (Å²) in [5, 5.41) is 0. The highest BCUT2D eigenvalue weighted by atomic mass is 32.2. The predicted molar refractivity (Wildman–Crippen MR) is 133 cm³/mol. The van der Waals surface area contributed by atoms with Crippen LogP contribution in [0.5, 0.6) is 0 Å². The van der Waals surface area contributed by atoms with E-state index in [-0.39, 0.29) is 11.0 Å². The van der Waals surface area contributed by atoms with Crippen LogP contribution in [0.3, 0.4) is 0 Å². The van der Waals surface area contributed by atoms with E-state index in [0.29, 0.717) is 30.1 Å². The summed E-state index contributed by atoms with van der Waals surface area (Å²) >= 11 is 1.42. The molecule has 1 unspecified atom stereocenters. The minimum atomic E-state index is -3.68. The molecule has 3 aromatic rings. The van der Waals surface area contributed by atoms with Crippen molar-refractivity contribution in [2.45, 2.75) is 44.2 Å². The SMILES string of the molecule is C#CCn1c(=NC(=O)c2ccc(S(=O)(=O)N(C)CC3CCCO3)cc2)sc2c(C)ccc(C)c21. The van der Waals surface area contributed by atoms with E-state index in [1.54, 1.807) is 7.05 Å². The molecule has 1 amide bonds. The van der Waals surface area contributed by atoms with Crippen LogP contribution >= 0.6 is 11.3 Å². The van der Waals surface area contributed by atoms with Crippen molar-refractivity contribution in [3.8, 4) is 12.3 Å². The molecule has 178 valence electrons. The molecule has 0 spiro atoms. The predicted octanol–water partition coefficient (Wildman–Crippen LogP) is 3.49.